The number of hydrogen-bond acceptors (Lipinski definition) is 4. The lowest BCUT2D eigenvalue weighted by atomic mass is 9.96. The van der Waals surface area contributed by atoms with E-state index in [-0.39, 0.29) is 0 Å². The fourth-order valence-corrected chi connectivity index (χ4v) is 8.93. The highest BCUT2D eigenvalue weighted by molar-refractivity contribution is 6.17. The molecule has 5 heteroatoms. The van der Waals surface area contributed by atoms with Crippen molar-refractivity contribution in [1.29, 1.82) is 0 Å². The largest absolute Gasteiger partial charge is 0.455 e. The molecule has 0 radical (unpaired) electrons. The van der Waals surface area contributed by atoms with Crippen LogP contribution in [0.4, 0.5) is 0 Å². The van der Waals surface area contributed by atoms with E-state index < -0.39 is 0 Å². The number of aromatic nitrogens is 4. The van der Waals surface area contributed by atoms with Gasteiger partial charge in [0.05, 0.1) is 11.0 Å². The van der Waals surface area contributed by atoms with E-state index in [4.69, 9.17) is 19.4 Å². The van der Waals surface area contributed by atoms with E-state index in [2.05, 4.69) is 150 Å². The zero-order chi connectivity index (χ0) is 41.0. The summed E-state index contributed by atoms with van der Waals surface area (Å²) in [6.45, 7) is 0. The van der Waals surface area contributed by atoms with Gasteiger partial charge < -0.3 is 8.98 Å². The van der Waals surface area contributed by atoms with E-state index >= 15 is 0 Å². The van der Waals surface area contributed by atoms with Crippen LogP contribution in [0.2, 0.25) is 0 Å². The molecule has 0 aliphatic heterocycles. The van der Waals surface area contributed by atoms with Gasteiger partial charge in [0, 0.05) is 49.5 Å². The summed E-state index contributed by atoms with van der Waals surface area (Å²) >= 11 is 0. The minimum Gasteiger partial charge on any atom is -0.455 e. The molecule has 0 saturated heterocycles. The van der Waals surface area contributed by atoms with Crippen LogP contribution < -0.4 is 0 Å². The third kappa shape index (κ3) is 6.06. The van der Waals surface area contributed by atoms with Crippen LogP contribution in [0.25, 0.3) is 117 Å². The first kappa shape index (κ1) is 35.5. The van der Waals surface area contributed by atoms with Crippen LogP contribution in [-0.2, 0) is 0 Å². The topological polar surface area (TPSA) is 56.7 Å². The molecule has 0 aliphatic rings. The Labute approximate surface area is 357 Å². The van der Waals surface area contributed by atoms with Crippen molar-refractivity contribution in [2.45, 2.75) is 0 Å². The average Bonchev–Trinajstić information content (AvgIpc) is 3.90. The lowest BCUT2D eigenvalue weighted by Gasteiger charge is -2.13. The van der Waals surface area contributed by atoms with Crippen molar-refractivity contribution in [2.75, 3.05) is 0 Å². The van der Waals surface area contributed by atoms with Crippen LogP contribution in [0, 0.1) is 0 Å². The second-order valence-corrected chi connectivity index (χ2v) is 15.6. The average molecular weight is 793 g/mol. The van der Waals surface area contributed by atoms with Gasteiger partial charge in [-0.2, -0.15) is 0 Å². The molecule has 0 N–H and O–H groups in total. The molecule has 0 fully saturated rings. The van der Waals surface area contributed by atoms with Crippen molar-refractivity contribution in [3.63, 3.8) is 0 Å². The zero-order valence-corrected chi connectivity index (χ0v) is 33.5. The molecule has 0 atom stereocenters. The quantitative estimate of drug-likeness (QED) is 0.161. The third-order valence-electron chi connectivity index (χ3n) is 11.8. The summed E-state index contributed by atoms with van der Waals surface area (Å²) in [5.41, 5.74) is 14.2. The Morgan fingerprint density at radius 1 is 0.323 bits per heavy atom. The SMILES string of the molecule is c1ccc(-c2cccc(-c3cc(-n4c5ccccc5c5ccc(-c6ccccc6)cc54)cc4c3oc3cccc(-c5nc(-c6ccccc6)nc(-c6ccccc6)n5)c34)c2)cc1. The molecule has 0 spiro atoms. The number of para-hydroxylation sites is 1. The van der Waals surface area contributed by atoms with E-state index in [1.54, 1.807) is 0 Å². The number of fused-ring (bicyclic) bond motifs is 6. The fourth-order valence-electron chi connectivity index (χ4n) is 8.93. The van der Waals surface area contributed by atoms with E-state index in [9.17, 15) is 0 Å². The van der Waals surface area contributed by atoms with Crippen molar-refractivity contribution in [1.82, 2.24) is 19.5 Å². The summed E-state index contributed by atoms with van der Waals surface area (Å²) in [5, 5.41) is 4.30. The van der Waals surface area contributed by atoms with Gasteiger partial charge in [-0.15, -0.1) is 0 Å². The molecule has 12 aromatic rings. The predicted octanol–water partition coefficient (Wildman–Crippen LogP) is 14.9. The minimum atomic E-state index is 0.577. The van der Waals surface area contributed by atoms with Crippen molar-refractivity contribution < 1.29 is 4.42 Å². The normalized spacial score (nSPS) is 11.5. The standard InChI is InChI=1S/C57H36N4O/c1-5-17-37(18-6-1)41-25-15-26-43(33-41)48-35-44(61-50-29-14-13-27-45(50)46-32-31-42(34-51(46)61)38-19-7-2-8-20-38)36-49-53-47(28-16-30-52(53)62-54(48)49)57-59-55(39-21-9-3-10-22-39)58-56(60-57)40-23-11-4-12-24-40/h1-36H. The Kier molecular flexibility index (Phi) is 8.42. The number of rotatable bonds is 7. The highest BCUT2D eigenvalue weighted by Crippen LogP contribution is 2.44. The summed E-state index contributed by atoms with van der Waals surface area (Å²) in [6.07, 6.45) is 0. The monoisotopic (exact) mass is 792 g/mol. The second-order valence-electron chi connectivity index (χ2n) is 15.6. The number of furan rings is 1. The van der Waals surface area contributed by atoms with Gasteiger partial charge >= 0.3 is 0 Å². The molecule has 9 aromatic carbocycles. The summed E-state index contributed by atoms with van der Waals surface area (Å²) < 4.78 is 9.43. The van der Waals surface area contributed by atoms with Gasteiger partial charge in [0.25, 0.3) is 0 Å². The Morgan fingerprint density at radius 3 is 1.53 bits per heavy atom. The first-order valence-corrected chi connectivity index (χ1v) is 20.8. The summed E-state index contributed by atoms with van der Waals surface area (Å²) in [5.74, 6) is 1.80. The van der Waals surface area contributed by atoms with Crippen LogP contribution in [0.3, 0.4) is 0 Å². The van der Waals surface area contributed by atoms with Gasteiger partial charge in [-0.1, -0.05) is 182 Å². The molecular weight excluding hydrogens is 757 g/mol. The zero-order valence-electron chi connectivity index (χ0n) is 33.5. The van der Waals surface area contributed by atoms with Crippen LogP contribution >= 0.6 is 0 Å². The Hall–Kier alpha value is -8.41. The van der Waals surface area contributed by atoms with Gasteiger partial charge in [-0.25, -0.2) is 15.0 Å². The fraction of sp³-hybridized carbons (Fsp3) is 0. The first-order valence-electron chi connectivity index (χ1n) is 20.8. The maximum atomic E-state index is 7.02. The smallest absolute Gasteiger partial charge is 0.164 e. The predicted molar refractivity (Wildman–Crippen MR) is 254 cm³/mol. The second kappa shape index (κ2) is 14.7. The van der Waals surface area contributed by atoms with E-state index in [1.165, 1.54) is 16.3 Å². The first-order chi connectivity index (χ1) is 30.7. The van der Waals surface area contributed by atoms with E-state index in [0.717, 1.165) is 83.2 Å². The summed E-state index contributed by atoms with van der Waals surface area (Å²) in [4.78, 5) is 15.4. The minimum absolute atomic E-state index is 0.577. The maximum absolute atomic E-state index is 7.02. The Balaban J connectivity index is 1.17. The summed E-state index contributed by atoms with van der Waals surface area (Å²) in [6, 6.07) is 76.4. The van der Waals surface area contributed by atoms with Crippen molar-refractivity contribution in [3.8, 4) is 73.2 Å². The number of hydrogen-bond donors (Lipinski definition) is 0. The van der Waals surface area contributed by atoms with Crippen LogP contribution in [-0.4, -0.2) is 19.5 Å². The number of benzene rings is 9. The molecule has 3 heterocycles. The molecule has 0 saturated carbocycles. The van der Waals surface area contributed by atoms with Gasteiger partial charge in [-0.05, 0) is 64.2 Å². The van der Waals surface area contributed by atoms with Gasteiger partial charge in [0.1, 0.15) is 11.2 Å². The maximum Gasteiger partial charge on any atom is 0.164 e. The molecule has 0 bridgehead atoms. The van der Waals surface area contributed by atoms with Crippen LogP contribution in [0.15, 0.2) is 223 Å². The Morgan fingerprint density at radius 2 is 0.855 bits per heavy atom. The van der Waals surface area contributed by atoms with Crippen molar-refractivity contribution >= 4 is 43.7 Å². The lowest BCUT2D eigenvalue weighted by Crippen LogP contribution is -2.00. The van der Waals surface area contributed by atoms with Crippen molar-refractivity contribution in [3.05, 3.63) is 218 Å². The van der Waals surface area contributed by atoms with Gasteiger partial charge in [-0.3, -0.25) is 0 Å². The van der Waals surface area contributed by atoms with Gasteiger partial charge in [0.2, 0.25) is 0 Å². The molecule has 12 rings (SSSR count). The van der Waals surface area contributed by atoms with Crippen LogP contribution in [0.1, 0.15) is 0 Å². The highest BCUT2D eigenvalue weighted by atomic mass is 16.3. The van der Waals surface area contributed by atoms with E-state index in [0.29, 0.717) is 17.5 Å². The molecular formula is C57H36N4O. The molecule has 0 unspecified atom stereocenters. The lowest BCUT2D eigenvalue weighted by molar-refractivity contribution is 0.670. The number of nitrogens with zero attached hydrogens (tertiary/aromatic N) is 4. The molecule has 0 amide bonds. The molecule has 3 aromatic heterocycles. The Bertz CT molecular complexity index is 3560. The summed E-state index contributed by atoms with van der Waals surface area (Å²) in [7, 11) is 0. The van der Waals surface area contributed by atoms with Gasteiger partial charge in [0.15, 0.2) is 17.5 Å². The molecule has 62 heavy (non-hydrogen) atoms. The van der Waals surface area contributed by atoms with Crippen molar-refractivity contribution in [2.24, 2.45) is 0 Å². The molecule has 5 nitrogen and oxygen atoms in total. The third-order valence-corrected chi connectivity index (χ3v) is 11.8. The highest BCUT2D eigenvalue weighted by Gasteiger charge is 2.23. The van der Waals surface area contributed by atoms with E-state index in [1.807, 2.05) is 72.8 Å². The van der Waals surface area contributed by atoms with Crippen LogP contribution in [0.5, 0.6) is 0 Å². The molecule has 290 valence electrons. The molecule has 0 aliphatic carbocycles.